The van der Waals surface area contributed by atoms with Crippen molar-refractivity contribution in [2.45, 2.75) is 46.3 Å². The van der Waals surface area contributed by atoms with Crippen LogP contribution in [-0.2, 0) is 6.54 Å². The average Bonchev–Trinajstić information content (AvgIpc) is 3.55. The number of H-pyrrole nitrogens is 2. The molecular weight excluding hydrogens is 489 g/mol. The van der Waals surface area contributed by atoms with Gasteiger partial charge in [0, 0.05) is 53.9 Å². The fraction of sp³-hybridized carbons (Fsp3) is 0.226. The van der Waals surface area contributed by atoms with Crippen molar-refractivity contribution in [3.63, 3.8) is 0 Å². The number of pyridine rings is 2. The van der Waals surface area contributed by atoms with Crippen molar-refractivity contribution in [1.82, 2.24) is 35.0 Å². The van der Waals surface area contributed by atoms with Gasteiger partial charge in [0.15, 0.2) is 11.5 Å². The molecule has 0 aliphatic heterocycles. The van der Waals surface area contributed by atoms with E-state index < -0.39 is 0 Å². The number of benzene rings is 2. The molecule has 8 heteroatoms. The maximum atomic E-state index is 14.9. The number of nitrogens with zero attached hydrogens (tertiary/aromatic N) is 5. The van der Waals surface area contributed by atoms with Crippen LogP contribution in [0.5, 0.6) is 0 Å². The Hall–Kier alpha value is -4.43. The van der Waals surface area contributed by atoms with Crippen molar-refractivity contribution < 1.29 is 4.39 Å². The fourth-order valence-electron chi connectivity index (χ4n) is 5.22. The molecule has 0 spiro atoms. The number of halogens is 1. The molecule has 4 aromatic heterocycles. The van der Waals surface area contributed by atoms with Gasteiger partial charge in [0.1, 0.15) is 11.5 Å². The Morgan fingerprint density at radius 1 is 0.897 bits per heavy atom. The van der Waals surface area contributed by atoms with Crippen LogP contribution in [-0.4, -0.2) is 47.1 Å². The predicted molar refractivity (Wildman–Crippen MR) is 153 cm³/mol. The largest absolute Gasteiger partial charge is 0.337 e. The lowest BCUT2D eigenvalue weighted by molar-refractivity contribution is 0.166. The number of aromatic amines is 2. The standard InChI is InChI=1S/C31H30FN7/c1-18(2)39(19(3)4)17-20-11-22(13-24(32)12-20)25-8-5-9-27-28(25)36-31(35-27)29-26-14-23(16-34-30(26)38-37-29)21-7-6-10-33-15-21/h5-16,18-19H,17H2,1-4H3,(H,35,36)(H,34,37,38). The van der Waals surface area contributed by atoms with Gasteiger partial charge >= 0.3 is 0 Å². The molecular formula is C31H30FN7. The van der Waals surface area contributed by atoms with Crippen LogP contribution in [0.2, 0.25) is 0 Å². The summed E-state index contributed by atoms with van der Waals surface area (Å²) >= 11 is 0. The number of nitrogens with one attached hydrogen (secondary N) is 2. The Kier molecular flexibility index (Phi) is 6.40. The maximum Gasteiger partial charge on any atom is 0.181 e. The Labute approximate surface area is 226 Å². The lowest BCUT2D eigenvalue weighted by atomic mass is 10.0. The first-order valence-corrected chi connectivity index (χ1v) is 13.2. The molecule has 0 radical (unpaired) electrons. The highest BCUT2D eigenvalue weighted by molar-refractivity contribution is 5.97. The molecule has 196 valence electrons. The molecule has 39 heavy (non-hydrogen) atoms. The number of fused-ring (bicyclic) bond motifs is 2. The monoisotopic (exact) mass is 519 g/mol. The summed E-state index contributed by atoms with van der Waals surface area (Å²) in [7, 11) is 0. The molecule has 0 aliphatic carbocycles. The molecule has 7 nitrogen and oxygen atoms in total. The Morgan fingerprint density at radius 2 is 1.74 bits per heavy atom. The summed E-state index contributed by atoms with van der Waals surface area (Å²) in [5, 5.41) is 8.35. The van der Waals surface area contributed by atoms with E-state index in [1.807, 2.05) is 42.6 Å². The number of rotatable bonds is 7. The van der Waals surface area contributed by atoms with Crippen LogP contribution in [0, 0.1) is 5.82 Å². The third-order valence-corrected chi connectivity index (χ3v) is 7.11. The van der Waals surface area contributed by atoms with Crippen LogP contribution in [0.15, 0.2) is 73.2 Å². The van der Waals surface area contributed by atoms with Crippen LogP contribution >= 0.6 is 0 Å². The zero-order chi connectivity index (χ0) is 27.1. The summed E-state index contributed by atoms with van der Waals surface area (Å²) in [6.45, 7) is 9.34. The predicted octanol–water partition coefficient (Wildman–Crippen LogP) is 6.99. The third kappa shape index (κ3) is 4.79. The van der Waals surface area contributed by atoms with E-state index in [9.17, 15) is 4.39 Å². The van der Waals surface area contributed by atoms with E-state index in [-0.39, 0.29) is 5.82 Å². The van der Waals surface area contributed by atoms with E-state index in [1.54, 1.807) is 24.5 Å². The molecule has 2 aromatic carbocycles. The smallest absolute Gasteiger partial charge is 0.181 e. The highest BCUT2D eigenvalue weighted by Crippen LogP contribution is 2.33. The zero-order valence-corrected chi connectivity index (χ0v) is 22.4. The first-order chi connectivity index (χ1) is 18.9. The van der Waals surface area contributed by atoms with Gasteiger partial charge in [-0.05, 0) is 75.2 Å². The van der Waals surface area contributed by atoms with Crippen LogP contribution in [0.4, 0.5) is 4.39 Å². The van der Waals surface area contributed by atoms with E-state index in [1.165, 1.54) is 0 Å². The topological polar surface area (TPSA) is 86.4 Å². The van der Waals surface area contributed by atoms with Crippen LogP contribution in [0.3, 0.4) is 0 Å². The number of hydrogen-bond donors (Lipinski definition) is 2. The van der Waals surface area contributed by atoms with E-state index in [0.717, 1.165) is 49.9 Å². The Morgan fingerprint density at radius 3 is 2.51 bits per heavy atom. The highest BCUT2D eigenvalue weighted by Gasteiger charge is 2.18. The van der Waals surface area contributed by atoms with Crippen molar-refractivity contribution >= 4 is 22.1 Å². The molecule has 6 aromatic rings. The average molecular weight is 520 g/mol. The van der Waals surface area contributed by atoms with Gasteiger partial charge in [0.05, 0.1) is 16.4 Å². The number of para-hydroxylation sites is 1. The van der Waals surface area contributed by atoms with Crippen molar-refractivity contribution in [3.8, 4) is 33.8 Å². The minimum absolute atomic E-state index is 0.253. The molecule has 0 amide bonds. The Balaban J connectivity index is 1.42. The van der Waals surface area contributed by atoms with E-state index >= 15 is 0 Å². The number of hydrogen-bond acceptors (Lipinski definition) is 5. The third-order valence-electron chi connectivity index (χ3n) is 7.11. The molecule has 0 saturated carbocycles. The molecule has 0 aliphatic rings. The van der Waals surface area contributed by atoms with E-state index in [4.69, 9.17) is 4.98 Å². The second kappa shape index (κ2) is 10.0. The van der Waals surface area contributed by atoms with Crippen molar-refractivity contribution in [2.24, 2.45) is 0 Å². The van der Waals surface area contributed by atoms with Gasteiger partial charge in [-0.2, -0.15) is 5.10 Å². The molecule has 0 bridgehead atoms. The number of imidazole rings is 1. The maximum absolute atomic E-state index is 14.9. The lowest BCUT2D eigenvalue weighted by Gasteiger charge is -2.30. The van der Waals surface area contributed by atoms with Crippen LogP contribution < -0.4 is 0 Å². The second-order valence-corrected chi connectivity index (χ2v) is 10.4. The highest BCUT2D eigenvalue weighted by atomic mass is 19.1. The van der Waals surface area contributed by atoms with Gasteiger partial charge in [0.25, 0.3) is 0 Å². The zero-order valence-electron chi connectivity index (χ0n) is 22.4. The minimum atomic E-state index is -0.253. The van der Waals surface area contributed by atoms with E-state index in [2.05, 4.69) is 63.8 Å². The quantitative estimate of drug-likeness (QED) is 0.237. The summed E-state index contributed by atoms with van der Waals surface area (Å²) in [5.74, 6) is 0.392. The first-order valence-electron chi connectivity index (χ1n) is 13.2. The van der Waals surface area contributed by atoms with Crippen LogP contribution in [0.1, 0.15) is 33.3 Å². The molecule has 4 heterocycles. The van der Waals surface area contributed by atoms with Gasteiger partial charge < -0.3 is 4.98 Å². The lowest BCUT2D eigenvalue weighted by Crippen LogP contribution is -2.36. The van der Waals surface area contributed by atoms with Gasteiger partial charge in [-0.3, -0.25) is 15.0 Å². The van der Waals surface area contributed by atoms with Crippen molar-refractivity contribution in [3.05, 3.63) is 84.6 Å². The molecule has 0 fully saturated rings. The van der Waals surface area contributed by atoms with Crippen molar-refractivity contribution in [2.75, 3.05) is 0 Å². The number of aromatic nitrogens is 6. The van der Waals surface area contributed by atoms with Crippen molar-refractivity contribution in [1.29, 1.82) is 0 Å². The summed E-state index contributed by atoms with van der Waals surface area (Å²) in [4.78, 5) is 19.5. The minimum Gasteiger partial charge on any atom is -0.337 e. The Bertz CT molecular complexity index is 1760. The molecule has 0 unspecified atom stereocenters. The van der Waals surface area contributed by atoms with Gasteiger partial charge in [-0.1, -0.05) is 18.2 Å². The SMILES string of the molecule is CC(C)N(Cc1cc(F)cc(-c2cccc3[nH]c(-c4[nH]nc5ncc(-c6cccnc6)cc45)nc23)c1)C(C)C. The van der Waals surface area contributed by atoms with E-state index in [0.29, 0.717) is 30.1 Å². The summed E-state index contributed by atoms with van der Waals surface area (Å²) in [6.07, 6.45) is 5.35. The van der Waals surface area contributed by atoms with Gasteiger partial charge in [-0.25, -0.2) is 14.4 Å². The van der Waals surface area contributed by atoms with Gasteiger partial charge in [-0.15, -0.1) is 0 Å². The molecule has 0 atom stereocenters. The summed E-state index contributed by atoms with van der Waals surface area (Å²) in [6, 6.07) is 17.9. The van der Waals surface area contributed by atoms with Gasteiger partial charge in [0.2, 0.25) is 0 Å². The molecule has 0 saturated heterocycles. The summed E-state index contributed by atoms with van der Waals surface area (Å²) in [5.41, 5.74) is 7.51. The molecule has 2 N–H and O–H groups in total. The summed E-state index contributed by atoms with van der Waals surface area (Å²) < 4.78 is 14.9. The fourth-order valence-corrected chi connectivity index (χ4v) is 5.22. The van der Waals surface area contributed by atoms with Crippen LogP contribution in [0.25, 0.3) is 55.8 Å². The first kappa shape index (κ1) is 24.9. The normalized spacial score (nSPS) is 12.0. The molecule has 6 rings (SSSR count). The second-order valence-electron chi connectivity index (χ2n) is 10.4.